The zero-order valence-corrected chi connectivity index (χ0v) is 15.4. The lowest BCUT2D eigenvalue weighted by Crippen LogP contribution is -2.30. The Morgan fingerprint density at radius 3 is 2.62 bits per heavy atom. The van der Waals surface area contributed by atoms with Crippen molar-refractivity contribution >= 4 is 23.4 Å². The molecule has 0 saturated heterocycles. The van der Waals surface area contributed by atoms with Crippen molar-refractivity contribution in [3.05, 3.63) is 52.9 Å². The van der Waals surface area contributed by atoms with Crippen LogP contribution in [0.2, 0.25) is 5.02 Å². The number of hydrogen-bond acceptors (Lipinski definition) is 5. The molecule has 0 bridgehead atoms. The fourth-order valence-electron chi connectivity index (χ4n) is 2.04. The Morgan fingerprint density at radius 2 is 1.96 bits per heavy atom. The molecule has 0 aliphatic heterocycles. The number of nitrogens with zero attached hydrogens (tertiary/aromatic N) is 2. The van der Waals surface area contributed by atoms with Gasteiger partial charge in [0.25, 0.3) is 5.91 Å². The van der Waals surface area contributed by atoms with Gasteiger partial charge in [-0.2, -0.15) is 0 Å². The van der Waals surface area contributed by atoms with Gasteiger partial charge in [-0.3, -0.25) is 14.6 Å². The molecule has 0 saturated carbocycles. The molecule has 2 heterocycles. The first-order valence-electron chi connectivity index (χ1n) is 8.21. The average molecular weight is 377 g/mol. The molecule has 2 aromatic rings. The van der Waals surface area contributed by atoms with E-state index in [1.165, 1.54) is 12.3 Å². The minimum absolute atomic E-state index is 0.0645. The van der Waals surface area contributed by atoms with Crippen molar-refractivity contribution in [3.8, 4) is 5.88 Å². The highest BCUT2D eigenvalue weighted by atomic mass is 35.5. The van der Waals surface area contributed by atoms with Crippen LogP contribution in [0.5, 0.6) is 5.88 Å². The van der Waals surface area contributed by atoms with E-state index in [9.17, 15) is 9.59 Å². The number of pyridine rings is 2. The van der Waals surface area contributed by atoms with Gasteiger partial charge in [0.15, 0.2) is 0 Å². The van der Waals surface area contributed by atoms with Crippen molar-refractivity contribution in [1.82, 2.24) is 20.6 Å². The largest absolute Gasteiger partial charge is 0.474 e. The van der Waals surface area contributed by atoms with Crippen molar-refractivity contribution in [2.45, 2.75) is 32.9 Å². The average Bonchev–Trinajstić information content (AvgIpc) is 2.62. The number of carbonyl (C=O) groups excluding carboxylic acids is 2. The van der Waals surface area contributed by atoms with Gasteiger partial charge < -0.3 is 15.4 Å². The summed E-state index contributed by atoms with van der Waals surface area (Å²) in [6.07, 6.45) is 4.83. The standard InChI is InChI=1S/C18H21ClN4O3/c1-12(2)26-18-15(19)9-14(11-23-18)17(25)21-8-5-16(24)22-10-13-3-6-20-7-4-13/h3-4,6-7,9,11-12H,5,8,10H2,1-2H3,(H,21,25)(H,22,24). The number of rotatable bonds is 8. The lowest BCUT2D eigenvalue weighted by molar-refractivity contribution is -0.121. The second-order valence-corrected chi connectivity index (χ2v) is 6.22. The monoisotopic (exact) mass is 376 g/mol. The summed E-state index contributed by atoms with van der Waals surface area (Å²) in [5.74, 6) is -0.218. The third kappa shape index (κ3) is 6.33. The molecule has 0 spiro atoms. The summed E-state index contributed by atoms with van der Waals surface area (Å²) >= 11 is 6.07. The van der Waals surface area contributed by atoms with Crippen LogP contribution in [-0.2, 0) is 11.3 Å². The molecule has 8 heteroatoms. The Balaban J connectivity index is 1.76. The zero-order valence-electron chi connectivity index (χ0n) is 14.7. The molecule has 2 aromatic heterocycles. The quantitative estimate of drug-likeness (QED) is 0.737. The van der Waals surface area contributed by atoms with Gasteiger partial charge in [-0.05, 0) is 37.6 Å². The van der Waals surface area contributed by atoms with Crippen LogP contribution in [0.25, 0.3) is 0 Å². The summed E-state index contributed by atoms with van der Waals surface area (Å²) in [5.41, 5.74) is 1.27. The molecule has 0 aromatic carbocycles. The normalized spacial score (nSPS) is 10.5. The van der Waals surface area contributed by atoms with Gasteiger partial charge in [0, 0.05) is 38.1 Å². The predicted molar refractivity (Wildman–Crippen MR) is 98.0 cm³/mol. The topological polar surface area (TPSA) is 93.2 Å². The fourth-order valence-corrected chi connectivity index (χ4v) is 2.25. The van der Waals surface area contributed by atoms with Crippen molar-refractivity contribution in [2.24, 2.45) is 0 Å². The zero-order chi connectivity index (χ0) is 18.9. The molecule has 7 nitrogen and oxygen atoms in total. The van der Waals surface area contributed by atoms with Crippen molar-refractivity contribution in [1.29, 1.82) is 0 Å². The van der Waals surface area contributed by atoms with Crippen LogP contribution in [0.3, 0.4) is 0 Å². The van der Waals surface area contributed by atoms with Gasteiger partial charge in [0.2, 0.25) is 11.8 Å². The highest BCUT2D eigenvalue weighted by molar-refractivity contribution is 6.32. The Labute approximate surface area is 157 Å². The first-order chi connectivity index (χ1) is 12.5. The molecule has 26 heavy (non-hydrogen) atoms. The van der Waals surface area contributed by atoms with Crippen LogP contribution >= 0.6 is 11.6 Å². The summed E-state index contributed by atoms with van der Waals surface area (Å²) in [5, 5.41) is 5.71. The Morgan fingerprint density at radius 1 is 1.23 bits per heavy atom. The molecular weight excluding hydrogens is 356 g/mol. The summed E-state index contributed by atoms with van der Waals surface area (Å²) in [6.45, 7) is 4.35. The summed E-state index contributed by atoms with van der Waals surface area (Å²) in [6, 6.07) is 5.14. The first kappa shape index (κ1) is 19.7. The first-order valence-corrected chi connectivity index (χ1v) is 8.59. The maximum atomic E-state index is 12.1. The summed E-state index contributed by atoms with van der Waals surface area (Å²) in [4.78, 5) is 31.9. The smallest absolute Gasteiger partial charge is 0.252 e. The number of aromatic nitrogens is 2. The second kappa shape index (κ2) is 9.72. The van der Waals surface area contributed by atoms with Gasteiger partial charge in [0.05, 0.1) is 11.7 Å². The highest BCUT2D eigenvalue weighted by Gasteiger charge is 2.12. The molecule has 0 aliphatic rings. The number of halogens is 1. The van der Waals surface area contributed by atoms with Gasteiger partial charge in [-0.15, -0.1) is 0 Å². The molecule has 0 unspecified atom stereocenters. The van der Waals surface area contributed by atoms with E-state index in [2.05, 4.69) is 20.6 Å². The summed E-state index contributed by atoms with van der Waals surface area (Å²) < 4.78 is 5.42. The van der Waals surface area contributed by atoms with E-state index in [0.717, 1.165) is 5.56 Å². The van der Waals surface area contributed by atoms with Crippen molar-refractivity contribution < 1.29 is 14.3 Å². The van der Waals surface area contributed by atoms with E-state index in [1.807, 2.05) is 26.0 Å². The predicted octanol–water partition coefficient (Wildman–Crippen LogP) is 2.35. The second-order valence-electron chi connectivity index (χ2n) is 5.82. The van der Waals surface area contributed by atoms with E-state index >= 15 is 0 Å². The number of nitrogens with one attached hydrogen (secondary N) is 2. The van der Waals surface area contributed by atoms with Crippen LogP contribution in [0, 0.1) is 0 Å². The Bertz CT molecular complexity index is 753. The van der Waals surface area contributed by atoms with Gasteiger partial charge in [0.1, 0.15) is 5.02 Å². The molecule has 2 amide bonds. The van der Waals surface area contributed by atoms with Crippen molar-refractivity contribution in [2.75, 3.05) is 6.54 Å². The molecule has 0 fully saturated rings. The SMILES string of the molecule is CC(C)Oc1ncc(C(=O)NCCC(=O)NCc2ccncc2)cc1Cl. The van der Waals surface area contributed by atoms with E-state index in [1.54, 1.807) is 12.4 Å². The van der Waals surface area contributed by atoms with Crippen LogP contribution in [0.1, 0.15) is 36.2 Å². The number of amides is 2. The van der Waals surface area contributed by atoms with Crippen LogP contribution < -0.4 is 15.4 Å². The lowest BCUT2D eigenvalue weighted by atomic mass is 10.2. The number of ether oxygens (including phenoxy) is 1. The Hall–Kier alpha value is -2.67. The Kier molecular flexibility index (Phi) is 7.35. The maximum absolute atomic E-state index is 12.1. The minimum Gasteiger partial charge on any atom is -0.474 e. The van der Waals surface area contributed by atoms with Gasteiger partial charge in [-0.25, -0.2) is 4.98 Å². The molecule has 0 atom stereocenters. The fraction of sp³-hybridized carbons (Fsp3) is 0.333. The molecule has 0 radical (unpaired) electrons. The van der Waals surface area contributed by atoms with E-state index in [0.29, 0.717) is 12.1 Å². The number of hydrogen-bond donors (Lipinski definition) is 2. The molecule has 138 valence electrons. The van der Waals surface area contributed by atoms with E-state index in [4.69, 9.17) is 16.3 Å². The lowest BCUT2D eigenvalue weighted by Gasteiger charge is -2.11. The summed E-state index contributed by atoms with van der Waals surface area (Å²) in [7, 11) is 0. The van der Waals surface area contributed by atoms with Crippen LogP contribution in [0.4, 0.5) is 0 Å². The van der Waals surface area contributed by atoms with Gasteiger partial charge in [-0.1, -0.05) is 11.6 Å². The molecule has 2 N–H and O–H groups in total. The minimum atomic E-state index is -0.350. The van der Waals surface area contributed by atoms with E-state index in [-0.39, 0.29) is 41.8 Å². The number of carbonyl (C=O) groups is 2. The van der Waals surface area contributed by atoms with Gasteiger partial charge >= 0.3 is 0 Å². The third-order valence-electron chi connectivity index (χ3n) is 3.29. The molecular formula is C18H21ClN4O3. The maximum Gasteiger partial charge on any atom is 0.252 e. The van der Waals surface area contributed by atoms with Crippen LogP contribution in [0.15, 0.2) is 36.8 Å². The molecule has 2 rings (SSSR count). The third-order valence-corrected chi connectivity index (χ3v) is 3.56. The molecule has 0 aliphatic carbocycles. The van der Waals surface area contributed by atoms with E-state index < -0.39 is 0 Å². The van der Waals surface area contributed by atoms with Crippen LogP contribution in [-0.4, -0.2) is 34.4 Å². The van der Waals surface area contributed by atoms with Crippen molar-refractivity contribution in [3.63, 3.8) is 0 Å². The highest BCUT2D eigenvalue weighted by Crippen LogP contribution is 2.23.